The Morgan fingerprint density at radius 2 is 1.27 bits per heavy atom. The third-order valence-electron chi connectivity index (χ3n) is 3.84. The molecule has 0 aliphatic rings. The Balaban J connectivity index is 0.000000791. The molecule has 0 heterocycles. The van der Waals surface area contributed by atoms with Gasteiger partial charge in [0.05, 0.1) is 0 Å². The van der Waals surface area contributed by atoms with Crippen LogP contribution in [0.4, 0.5) is 0 Å². The standard InChI is InChI=1S/C20H16O2.2C2H6/c1-3-13-9-11-17(21)19(15(13)4-2)20-16-8-6-5-7-14(16)10-12-18(20)22;2*1-2/h3-12,21-22H,1-2H2;2*1-2H3. The second kappa shape index (κ2) is 10.1. The van der Waals surface area contributed by atoms with Gasteiger partial charge in [-0.2, -0.15) is 0 Å². The first-order valence-electron chi connectivity index (χ1n) is 8.99. The number of phenolic OH excluding ortho intramolecular Hbond substituents is 2. The van der Waals surface area contributed by atoms with E-state index < -0.39 is 0 Å². The third-order valence-corrected chi connectivity index (χ3v) is 3.84. The number of phenols is 2. The molecule has 0 saturated heterocycles. The van der Waals surface area contributed by atoms with Crippen molar-refractivity contribution in [1.29, 1.82) is 0 Å². The molecule has 0 unspecified atom stereocenters. The molecule has 0 aliphatic heterocycles. The van der Waals surface area contributed by atoms with E-state index in [2.05, 4.69) is 13.2 Å². The molecule has 2 heteroatoms. The van der Waals surface area contributed by atoms with Gasteiger partial charge < -0.3 is 10.2 Å². The zero-order chi connectivity index (χ0) is 19.7. The lowest BCUT2D eigenvalue weighted by atomic mass is 9.90. The fourth-order valence-corrected chi connectivity index (χ4v) is 2.81. The van der Waals surface area contributed by atoms with Gasteiger partial charge in [-0.3, -0.25) is 0 Å². The van der Waals surface area contributed by atoms with Gasteiger partial charge in [-0.05, 0) is 34.0 Å². The Kier molecular flexibility index (Phi) is 8.17. The maximum Gasteiger partial charge on any atom is 0.124 e. The SMILES string of the molecule is C=Cc1ccc(O)c(-c2c(O)ccc3ccccc23)c1C=C.CC.CC. The Labute approximate surface area is 156 Å². The number of aromatic hydroxyl groups is 2. The molecule has 0 spiro atoms. The Morgan fingerprint density at radius 1 is 0.692 bits per heavy atom. The highest BCUT2D eigenvalue weighted by Gasteiger charge is 2.17. The molecule has 0 bridgehead atoms. The van der Waals surface area contributed by atoms with E-state index in [1.165, 1.54) is 0 Å². The predicted octanol–water partition coefficient (Wildman–Crippen LogP) is 7.26. The minimum atomic E-state index is 0.104. The molecule has 0 aliphatic carbocycles. The molecule has 0 aromatic heterocycles. The van der Waals surface area contributed by atoms with Crippen molar-refractivity contribution >= 4 is 22.9 Å². The summed E-state index contributed by atoms with van der Waals surface area (Å²) in [7, 11) is 0. The van der Waals surface area contributed by atoms with E-state index in [0.717, 1.165) is 21.9 Å². The smallest absolute Gasteiger partial charge is 0.124 e. The van der Waals surface area contributed by atoms with E-state index in [1.807, 2.05) is 58.0 Å². The van der Waals surface area contributed by atoms with Gasteiger partial charge in [-0.1, -0.05) is 89.4 Å². The predicted molar refractivity (Wildman–Crippen MR) is 116 cm³/mol. The molecule has 0 fully saturated rings. The third kappa shape index (κ3) is 3.97. The summed E-state index contributed by atoms with van der Waals surface area (Å²) in [4.78, 5) is 0. The first-order valence-corrected chi connectivity index (χ1v) is 8.99. The van der Waals surface area contributed by atoms with Crippen molar-refractivity contribution in [2.75, 3.05) is 0 Å². The fraction of sp³-hybridized carbons (Fsp3) is 0.167. The Morgan fingerprint density at radius 3 is 1.88 bits per heavy atom. The summed E-state index contributed by atoms with van der Waals surface area (Å²) in [5.41, 5.74) is 2.78. The number of hydrogen-bond acceptors (Lipinski definition) is 2. The van der Waals surface area contributed by atoms with Crippen LogP contribution >= 0.6 is 0 Å². The van der Waals surface area contributed by atoms with Crippen molar-refractivity contribution in [2.24, 2.45) is 0 Å². The number of rotatable bonds is 3. The molecule has 3 aromatic carbocycles. The molecule has 136 valence electrons. The summed E-state index contributed by atoms with van der Waals surface area (Å²) in [6.45, 7) is 15.6. The molecule has 0 atom stereocenters. The number of benzene rings is 3. The van der Waals surface area contributed by atoms with E-state index in [1.54, 1.807) is 30.4 Å². The lowest BCUT2D eigenvalue weighted by Gasteiger charge is -2.15. The van der Waals surface area contributed by atoms with Gasteiger partial charge in [0.25, 0.3) is 0 Å². The fourth-order valence-electron chi connectivity index (χ4n) is 2.81. The number of fused-ring (bicyclic) bond motifs is 1. The van der Waals surface area contributed by atoms with Gasteiger partial charge in [-0.15, -0.1) is 0 Å². The van der Waals surface area contributed by atoms with Crippen molar-refractivity contribution in [1.82, 2.24) is 0 Å². The second-order valence-electron chi connectivity index (χ2n) is 5.05. The van der Waals surface area contributed by atoms with Crippen LogP contribution in [-0.4, -0.2) is 10.2 Å². The van der Waals surface area contributed by atoms with Crippen LogP contribution in [0.2, 0.25) is 0 Å². The molecule has 2 nitrogen and oxygen atoms in total. The minimum absolute atomic E-state index is 0.104. The van der Waals surface area contributed by atoms with Crippen molar-refractivity contribution < 1.29 is 10.2 Å². The highest BCUT2D eigenvalue weighted by Crippen LogP contribution is 2.44. The van der Waals surface area contributed by atoms with Crippen LogP contribution in [0, 0.1) is 0 Å². The zero-order valence-corrected chi connectivity index (χ0v) is 16.1. The molecule has 3 aromatic rings. The normalized spacial score (nSPS) is 9.38. The summed E-state index contributed by atoms with van der Waals surface area (Å²) >= 11 is 0. The van der Waals surface area contributed by atoms with Gasteiger partial charge in [0, 0.05) is 11.1 Å². The van der Waals surface area contributed by atoms with Gasteiger partial charge >= 0.3 is 0 Å². The lowest BCUT2D eigenvalue weighted by molar-refractivity contribution is 0.469. The van der Waals surface area contributed by atoms with E-state index in [9.17, 15) is 10.2 Å². The average molecular weight is 348 g/mol. The van der Waals surface area contributed by atoms with Gasteiger partial charge in [0.1, 0.15) is 11.5 Å². The van der Waals surface area contributed by atoms with Crippen molar-refractivity contribution in [3.8, 4) is 22.6 Å². The highest BCUT2D eigenvalue weighted by molar-refractivity contribution is 6.03. The molecule has 2 N–H and O–H groups in total. The maximum atomic E-state index is 10.4. The van der Waals surface area contributed by atoms with Crippen molar-refractivity contribution in [2.45, 2.75) is 27.7 Å². The van der Waals surface area contributed by atoms with Crippen molar-refractivity contribution in [3.63, 3.8) is 0 Å². The zero-order valence-electron chi connectivity index (χ0n) is 16.1. The Hall–Kier alpha value is -3.00. The van der Waals surface area contributed by atoms with Gasteiger partial charge in [0.2, 0.25) is 0 Å². The van der Waals surface area contributed by atoms with Crippen LogP contribution < -0.4 is 0 Å². The summed E-state index contributed by atoms with van der Waals surface area (Å²) in [5, 5.41) is 22.7. The molecule has 26 heavy (non-hydrogen) atoms. The highest BCUT2D eigenvalue weighted by atomic mass is 16.3. The quantitative estimate of drug-likeness (QED) is 0.523. The van der Waals surface area contributed by atoms with Crippen LogP contribution in [-0.2, 0) is 0 Å². The van der Waals surface area contributed by atoms with Crippen LogP contribution in [0.5, 0.6) is 11.5 Å². The van der Waals surface area contributed by atoms with Crippen LogP contribution in [0.15, 0.2) is 61.7 Å². The maximum absolute atomic E-state index is 10.4. The topological polar surface area (TPSA) is 40.5 Å². The molecular formula is C24H28O2. The first kappa shape index (κ1) is 21.0. The summed E-state index contributed by atoms with van der Waals surface area (Å²) in [6, 6.07) is 14.6. The molecule has 3 rings (SSSR count). The van der Waals surface area contributed by atoms with E-state index in [-0.39, 0.29) is 11.5 Å². The Bertz CT molecular complexity index is 892. The van der Waals surface area contributed by atoms with Crippen molar-refractivity contribution in [3.05, 3.63) is 72.8 Å². The van der Waals surface area contributed by atoms with Crippen LogP contribution in [0.1, 0.15) is 38.8 Å². The summed E-state index contributed by atoms with van der Waals surface area (Å²) < 4.78 is 0. The summed E-state index contributed by atoms with van der Waals surface area (Å²) in [6.07, 6.45) is 3.38. The monoisotopic (exact) mass is 348 g/mol. The van der Waals surface area contributed by atoms with E-state index in [4.69, 9.17) is 0 Å². The second-order valence-corrected chi connectivity index (χ2v) is 5.05. The van der Waals surface area contributed by atoms with Crippen LogP contribution in [0.3, 0.4) is 0 Å². The minimum Gasteiger partial charge on any atom is -0.507 e. The van der Waals surface area contributed by atoms with E-state index in [0.29, 0.717) is 11.1 Å². The lowest BCUT2D eigenvalue weighted by Crippen LogP contribution is -1.91. The first-order chi connectivity index (χ1) is 12.7. The summed E-state index contributed by atoms with van der Waals surface area (Å²) in [5.74, 6) is 0.227. The van der Waals surface area contributed by atoms with Crippen LogP contribution in [0.25, 0.3) is 34.1 Å². The van der Waals surface area contributed by atoms with Gasteiger partial charge in [0.15, 0.2) is 0 Å². The largest absolute Gasteiger partial charge is 0.507 e. The molecule has 0 saturated carbocycles. The molecular weight excluding hydrogens is 320 g/mol. The number of hydrogen-bond donors (Lipinski definition) is 2. The molecule has 0 radical (unpaired) electrons. The van der Waals surface area contributed by atoms with E-state index >= 15 is 0 Å². The average Bonchev–Trinajstić information content (AvgIpc) is 2.71. The van der Waals surface area contributed by atoms with Gasteiger partial charge in [-0.25, -0.2) is 0 Å². The molecule has 0 amide bonds.